The van der Waals surface area contributed by atoms with Crippen LogP contribution in [-0.2, 0) is 32.6 Å². The predicted octanol–water partition coefficient (Wildman–Crippen LogP) is 5.46. The number of ether oxygens (including phenoxy) is 2. The summed E-state index contributed by atoms with van der Waals surface area (Å²) >= 11 is 0. The Bertz CT molecular complexity index is 1670. The SMILES string of the molecule is CCCCNC(=O)[C@@H](Cc1ccccc1)N(Cc1ccccc1)C(=O)CN(c1ccc(OC)c(OC)c1)S(=O)(=O)c1ccccc1. The lowest BCUT2D eigenvalue weighted by atomic mass is 10.0. The highest BCUT2D eigenvalue weighted by molar-refractivity contribution is 7.92. The molecule has 242 valence electrons. The Morgan fingerprint density at radius 3 is 1.96 bits per heavy atom. The van der Waals surface area contributed by atoms with Gasteiger partial charge in [-0.2, -0.15) is 0 Å². The Labute approximate surface area is 271 Å². The van der Waals surface area contributed by atoms with Crippen LogP contribution in [0.5, 0.6) is 11.5 Å². The van der Waals surface area contributed by atoms with Crippen molar-refractivity contribution in [2.75, 3.05) is 31.6 Å². The van der Waals surface area contributed by atoms with Gasteiger partial charge in [0.25, 0.3) is 10.0 Å². The van der Waals surface area contributed by atoms with Gasteiger partial charge < -0.3 is 19.7 Å². The molecular formula is C36H41N3O6S. The lowest BCUT2D eigenvalue weighted by Gasteiger charge is -2.34. The number of benzene rings is 4. The molecule has 0 aromatic heterocycles. The van der Waals surface area contributed by atoms with Crippen LogP contribution < -0.4 is 19.1 Å². The van der Waals surface area contributed by atoms with Crippen LogP contribution >= 0.6 is 0 Å². The summed E-state index contributed by atoms with van der Waals surface area (Å²) in [7, 11) is -1.29. The molecule has 4 rings (SSSR count). The van der Waals surface area contributed by atoms with E-state index in [4.69, 9.17) is 9.47 Å². The van der Waals surface area contributed by atoms with Gasteiger partial charge in [-0.1, -0.05) is 92.2 Å². The minimum absolute atomic E-state index is 0.0188. The topological polar surface area (TPSA) is 105 Å². The van der Waals surface area contributed by atoms with Gasteiger partial charge >= 0.3 is 0 Å². The number of hydrogen-bond acceptors (Lipinski definition) is 6. The number of nitrogens with zero attached hydrogens (tertiary/aromatic N) is 2. The number of amides is 2. The van der Waals surface area contributed by atoms with E-state index in [1.165, 1.54) is 37.3 Å². The number of carbonyl (C=O) groups excluding carboxylic acids is 2. The molecule has 4 aromatic rings. The lowest BCUT2D eigenvalue weighted by molar-refractivity contribution is -0.140. The van der Waals surface area contributed by atoms with E-state index >= 15 is 0 Å². The first-order chi connectivity index (χ1) is 22.3. The zero-order chi connectivity index (χ0) is 32.9. The van der Waals surface area contributed by atoms with Gasteiger partial charge in [0.1, 0.15) is 12.6 Å². The van der Waals surface area contributed by atoms with Crippen molar-refractivity contribution in [1.82, 2.24) is 10.2 Å². The Morgan fingerprint density at radius 1 is 0.783 bits per heavy atom. The van der Waals surface area contributed by atoms with E-state index in [1.807, 2.05) is 67.6 Å². The highest BCUT2D eigenvalue weighted by atomic mass is 32.2. The van der Waals surface area contributed by atoms with Crippen LogP contribution in [0.4, 0.5) is 5.69 Å². The number of unbranched alkanes of at least 4 members (excludes halogenated alkanes) is 1. The molecule has 0 aliphatic carbocycles. The number of rotatable bonds is 16. The van der Waals surface area contributed by atoms with Crippen molar-refractivity contribution < 1.29 is 27.5 Å². The maximum atomic E-state index is 14.5. The fourth-order valence-electron chi connectivity index (χ4n) is 5.07. The molecule has 0 spiro atoms. The molecule has 0 radical (unpaired) electrons. The third kappa shape index (κ3) is 8.66. The van der Waals surface area contributed by atoms with Crippen LogP contribution in [-0.4, -0.2) is 58.5 Å². The summed E-state index contributed by atoms with van der Waals surface area (Å²) in [5.74, 6) is -0.124. The molecule has 10 heteroatoms. The maximum Gasteiger partial charge on any atom is 0.264 e. The standard InChI is InChI=1S/C36H41N3O6S/c1-4-5-23-37-36(41)32(24-28-15-9-6-10-16-28)38(26-29-17-11-7-12-18-29)35(40)27-39(46(42,43)31-19-13-8-14-20-31)30-21-22-33(44-2)34(25-30)45-3/h6-22,25,32H,4-5,23-24,26-27H2,1-3H3,(H,37,41)/t32-/m1/s1. The Kier molecular flexibility index (Phi) is 12.2. The van der Waals surface area contributed by atoms with Crippen LogP contribution in [0.2, 0.25) is 0 Å². The smallest absolute Gasteiger partial charge is 0.264 e. The summed E-state index contributed by atoms with van der Waals surface area (Å²) in [4.78, 5) is 29.9. The minimum atomic E-state index is -4.23. The van der Waals surface area contributed by atoms with Crippen molar-refractivity contribution in [3.05, 3.63) is 120 Å². The van der Waals surface area contributed by atoms with E-state index in [9.17, 15) is 18.0 Å². The average Bonchev–Trinajstić information content (AvgIpc) is 3.09. The van der Waals surface area contributed by atoms with Crippen molar-refractivity contribution in [3.8, 4) is 11.5 Å². The van der Waals surface area contributed by atoms with Crippen LogP contribution in [0.3, 0.4) is 0 Å². The van der Waals surface area contributed by atoms with Gasteiger partial charge in [-0.15, -0.1) is 0 Å². The van der Waals surface area contributed by atoms with Crippen molar-refractivity contribution in [1.29, 1.82) is 0 Å². The number of anilines is 1. The number of sulfonamides is 1. The first-order valence-corrected chi connectivity index (χ1v) is 16.7. The van der Waals surface area contributed by atoms with Crippen LogP contribution in [0.1, 0.15) is 30.9 Å². The normalized spacial score (nSPS) is 11.7. The molecule has 0 saturated carbocycles. The molecule has 1 N–H and O–H groups in total. The molecule has 0 saturated heterocycles. The Morgan fingerprint density at radius 2 is 1.37 bits per heavy atom. The van der Waals surface area contributed by atoms with Gasteiger partial charge in [-0.25, -0.2) is 8.42 Å². The molecule has 0 aliphatic rings. The number of nitrogens with one attached hydrogen (secondary N) is 1. The van der Waals surface area contributed by atoms with E-state index < -0.39 is 28.5 Å². The second-order valence-electron chi connectivity index (χ2n) is 10.7. The Hall–Kier alpha value is -4.83. The first-order valence-electron chi connectivity index (χ1n) is 15.2. The molecule has 0 bridgehead atoms. The minimum Gasteiger partial charge on any atom is -0.493 e. The van der Waals surface area contributed by atoms with Crippen LogP contribution in [0, 0.1) is 0 Å². The van der Waals surface area contributed by atoms with Gasteiger partial charge in [0.15, 0.2) is 11.5 Å². The van der Waals surface area contributed by atoms with Gasteiger partial charge in [-0.05, 0) is 41.8 Å². The molecule has 9 nitrogen and oxygen atoms in total. The van der Waals surface area contributed by atoms with E-state index in [-0.39, 0.29) is 29.5 Å². The quantitative estimate of drug-likeness (QED) is 0.163. The number of hydrogen-bond donors (Lipinski definition) is 1. The van der Waals surface area contributed by atoms with Gasteiger partial charge in [0, 0.05) is 25.6 Å². The van der Waals surface area contributed by atoms with Crippen molar-refractivity contribution >= 4 is 27.5 Å². The summed E-state index contributed by atoms with van der Waals surface area (Å²) in [6.07, 6.45) is 1.94. The average molecular weight is 644 g/mol. The fraction of sp³-hybridized carbons (Fsp3) is 0.278. The summed E-state index contributed by atoms with van der Waals surface area (Å²) < 4.78 is 40.2. The number of carbonyl (C=O) groups is 2. The van der Waals surface area contributed by atoms with E-state index in [0.29, 0.717) is 18.0 Å². The molecule has 4 aromatic carbocycles. The molecule has 0 heterocycles. The highest BCUT2D eigenvalue weighted by Gasteiger charge is 2.34. The van der Waals surface area contributed by atoms with E-state index in [0.717, 1.165) is 28.3 Å². The molecular weight excluding hydrogens is 602 g/mol. The monoisotopic (exact) mass is 643 g/mol. The fourth-order valence-corrected chi connectivity index (χ4v) is 6.50. The molecule has 0 unspecified atom stereocenters. The molecule has 0 aliphatic heterocycles. The van der Waals surface area contributed by atoms with Crippen molar-refractivity contribution in [2.45, 2.75) is 43.7 Å². The summed E-state index contributed by atoms with van der Waals surface area (Å²) in [6.45, 7) is 2.04. The van der Waals surface area contributed by atoms with E-state index in [2.05, 4.69) is 5.32 Å². The summed E-state index contributed by atoms with van der Waals surface area (Å²) in [5.41, 5.74) is 1.89. The van der Waals surface area contributed by atoms with Gasteiger partial charge in [0.05, 0.1) is 24.8 Å². The van der Waals surface area contributed by atoms with Gasteiger partial charge in [-0.3, -0.25) is 13.9 Å². The Balaban J connectivity index is 1.80. The van der Waals surface area contributed by atoms with Gasteiger partial charge in [0.2, 0.25) is 11.8 Å². The van der Waals surface area contributed by atoms with E-state index in [1.54, 1.807) is 30.3 Å². The van der Waals surface area contributed by atoms with Crippen molar-refractivity contribution in [2.24, 2.45) is 0 Å². The first kappa shape index (κ1) is 34.1. The molecule has 2 amide bonds. The summed E-state index contributed by atoms with van der Waals surface area (Å²) in [6, 6.07) is 30.5. The molecule has 1 atom stereocenters. The summed E-state index contributed by atoms with van der Waals surface area (Å²) in [5, 5.41) is 3.00. The predicted molar refractivity (Wildman–Crippen MR) is 179 cm³/mol. The van der Waals surface area contributed by atoms with Crippen molar-refractivity contribution in [3.63, 3.8) is 0 Å². The second kappa shape index (κ2) is 16.5. The third-order valence-electron chi connectivity index (χ3n) is 7.56. The zero-order valence-corrected chi connectivity index (χ0v) is 27.3. The second-order valence-corrected chi connectivity index (χ2v) is 12.6. The maximum absolute atomic E-state index is 14.5. The molecule has 46 heavy (non-hydrogen) atoms. The molecule has 0 fully saturated rings. The van der Waals surface area contributed by atoms with Crippen LogP contribution in [0.25, 0.3) is 0 Å². The zero-order valence-electron chi connectivity index (χ0n) is 26.5. The largest absolute Gasteiger partial charge is 0.493 e. The highest BCUT2D eigenvalue weighted by Crippen LogP contribution is 2.34. The lowest BCUT2D eigenvalue weighted by Crippen LogP contribution is -2.53. The van der Waals surface area contributed by atoms with Crippen LogP contribution in [0.15, 0.2) is 114 Å². The number of methoxy groups -OCH3 is 2. The third-order valence-corrected chi connectivity index (χ3v) is 9.35.